The molecule has 10 aromatic carbocycles. The molecule has 0 fully saturated rings. The van der Waals surface area contributed by atoms with Crippen molar-refractivity contribution in [2.24, 2.45) is 0 Å². The predicted molar refractivity (Wildman–Crippen MR) is 306 cm³/mol. The first-order valence-corrected chi connectivity index (χ1v) is 25.1. The van der Waals surface area contributed by atoms with Gasteiger partial charge in [-0.05, 0) is 84.9 Å². The summed E-state index contributed by atoms with van der Waals surface area (Å²) < 4.78 is 26.8. The van der Waals surface area contributed by atoms with Crippen LogP contribution in [0.1, 0.15) is 5.56 Å². The van der Waals surface area contributed by atoms with E-state index < -0.39 is 0 Å². The molecule has 17 aromatic rings. The number of hydrogen-bond acceptors (Lipinski definition) is 5. The summed E-state index contributed by atoms with van der Waals surface area (Å²) in [4.78, 5) is 10.0. The highest BCUT2D eigenvalue weighted by atomic mass is 16.3. The third kappa shape index (κ3) is 5.12. The predicted octanol–water partition coefficient (Wildman–Crippen LogP) is 18.2. The van der Waals surface area contributed by atoms with Crippen LogP contribution in [0.5, 0.6) is 0 Å². The highest BCUT2D eigenvalue weighted by Gasteiger charge is 2.35. The topological polar surface area (TPSA) is 95.2 Å². The van der Waals surface area contributed by atoms with Gasteiger partial charge in [0.15, 0.2) is 0 Å². The number of benzene rings is 10. The van der Waals surface area contributed by atoms with Crippen LogP contribution in [-0.4, -0.2) is 18.7 Å². The quantitative estimate of drug-likeness (QED) is 0.164. The molecule has 0 N–H and O–H groups in total. The summed E-state index contributed by atoms with van der Waals surface area (Å²) in [5.41, 5.74) is 12.8. The highest BCUT2D eigenvalue weighted by molar-refractivity contribution is 6.29. The average Bonchev–Trinajstić information content (AvgIpc) is 4.41. The largest absolute Gasteiger partial charge is 0.456 e. The van der Waals surface area contributed by atoms with Crippen molar-refractivity contribution in [3.8, 4) is 34.4 Å². The van der Waals surface area contributed by atoms with E-state index in [1.807, 2.05) is 91.0 Å². The Morgan fingerprint density at radius 3 is 1.17 bits per heavy atom. The van der Waals surface area contributed by atoms with E-state index in [0.717, 1.165) is 114 Å². The molecule has 0 saturated carbocycles. The fourth-order valence-electron chi connectivity index (χ4n) is 12.8. The summed E-state index contributed by atoms with van der Waals surface area (Å²) in [6.45, 7) is 9.91. The molecule has 0 spiro atoms. The number of nitriles is 1. The van der Waals surface area contributed by atoms with E-state index in [9.17, 15) is 11.8 Å². The Hall–Kier alpha value is -10.9. The molecule has 7 aromatic heterocycles. The average molecular weight is 971 g/mol. The van der Waals surface area contributed by atoms with Crippen LogP contribution in [0.15, 0.2) is 220 Å². The maximum Gasteiger partial charge on any atom is 0.237 e. The lowest BCUT2D eigenvalue weighted by atomic mass is 9.95. The second kappa shape index (κ2) is 14.9. The van der Waals surface area contributed by atoms with E-state index in [-0.39, 0.29) is 11.3 Å². The van der Waals surface area contributed by atoms with E-state index in [1.54, 1.807) is 6.20 Å². The zero-order valence-corrected chi connectivity index (χ0v) is 40.0. The third-order valence-corrected chi connectivity index (χ3v) is 15.7. The SMILES string of the molecule is [C-]#[N+]c1c(-n2c3ccccc3c3ccc4oc5ccccc5c4c32)c(C#N)c(-c2ccccn2)c(-n2c3ccccc3c3ccc4oc5ccccc5c4c32)c1-n1c2ccccc2c2ccc3oc4ccccc4c3c21. The Morgan fingerprint density at radius 2 is 0.763 bits per heavy atom. The van der Waals surface area contributed by atoms with Gasteiger partial charge in [-0.2, -0.15) is 5.26 Å². The van der Waals surface area contributed by atoms with Gasteiger partial charge in [0.1, 0.15) is 39.6 Å². The third-order valence-electron chi connectivity index (χ3n) is 15.7. The maximum atomic E-state index is 12.4. The van der Waals surface area contributed by atoms with Crippen LogP contribution in [0.4, 0.5) is 5.69 Å². The Balaban J connectivity index is 1.21. The zero-order chi connectivity index (χ0) is 49.9. The summed E-state index contributed by atoms with van der Waals surface area (Å²) in [6, 6.07) is 70.6. The number of furan rings is 3. The normalized spacial score (nSPS) is 12.2. The van der Waals surface area contributed by atoms with Gasteiger partial charge in [-0.25, -0.2) is 4.85 Å². The van der Waals surface area contributed by atoms with Gasteiger partial charge in [0, 0.05) is 60.2 Å². The molecule has 0 amide bonds. The molecule has 76 heavy (non-hydrogen) atoms. The van der Waals surface area contributed by atoms with Crippen LogP contribution in [0.25, 0.3) is 164 Å². The fourth-order valence-corrected chi connectivity index (χ4v) is 12.8. The lowest BCUT2D eigenvalue weighted by Crippen LogP contribution is -2.12. The molecule has 17 rings (SSSR count). The van der Waals surface area contributed by atoms with Gasteiger partial charge in [0.2, 0.25) is 5.69 Å². The van der Waals surface area contributed by atoms with Crippen molar-refractivity contribution in [1.82, 2.24) is 18.7 Å². The minimum Gasteiger partial charge on any atom is -0.456 e. The van der Waals surface area contributed by atoms with Gasteiger partial charge >= 0.3 is 0 Å². The van der Waals surface area contributed by atoms with Gasteiger partial charge in [-0.15, -0.1) is 0 Å². The van der Waals surface area contributed by atoms with Crippen molar-refractivity contribution >= 4 is 137 Å². The van der Waals surface area contributed by atoms with Gasteiger partial charge < -0.3 is 27.0 Å². The molecule has 0 saturated heterocycles. The van der Waals surface area contributed by atoms with E-state index in [2.05, 4.69) is 129 Å². The molecule has 350 valence electrons. The molecule has 0 aliphatic heterocycles. The molecule has 0 bridgehead atoms. The monoisotopic (exact) mass is 970 g/mol. The van der Waals surface area contributed by atoms with Crippen molar-refractivity contribution in [3.63, 3.8) is 0 Å². The summed E-state index contributed by atoms with van der Waals surface area (Å²) in [7, 11) is 0. The van der Waals surface area contributed by atoms with Crippen LogP contribution < -0.4 is 0 Å². The first-order valence-electron chi connectivity index (χ1n) is 25.1. The van der Waals surface area contributed by atoms with E-state index >= 15 is 0 Å². The molecule has 0 aliphatic rings. The molecule has 9 heteroatoms. The van der Waals surface area contributed by atoms with Crippen LogP contribution in [0.2, 0.25) is 0 Å². The van der Waals surface area contributed by atoms with Crippen LogP contribution in [0.3, 0.4) is 0 Å². The molecule has 9 nitrogen and oxygen atoms in total. The summed E-state index contributed by atoms with van der Waals surface area (Å²) >= 11 is 0. The number of para-hydroxylation sites is 6. The van der Waals surface area contributed by atoms with Crippen molar-refractivity contribution in [2.75, 3.05) is 0 Å². The fraction of sp³-hybridized carbons (Fsp3) is 0. The maximum absolute atomic E-state index is 12.4. The van der Waals surface area contributed by atoms with E-state index in [4.69, 9.17) is 23.1 Å². The minimum absolute atomic E-state index is 0.265. The molecule has 0 unspecified atom stereocenters. The van der Waals surface area contributed by atoms with E-state index in [0.29, 0.717) is 45.1 Å². The van der Waals surface area contributed by atoms with Crippen molar-refractivity contribution in [2.45, 2.75) is 0 Å². The minimum atomic E-state index is 0.265. The summed E-state index contributed by atoms with van der Waals surface area (Å²) in [5, 5.41) is 23.8. The summed E-state index contributed by atoms with van der Waals surface area (Å²) in [5.74, 6) is 0. The van der Waals surface area contributed by atoms with Gasteiger partial charge in [-0.3, -0.25) is 4.98 Å². The van der Waals surface area contributed by atoms with Crippen LogP contribution in [-0.2, 0) is 0 Å². The molecular weight excluding hydrogens is 937 g/mol. The second-order valence-electron chi connectivity index (χ2n) is 19.4. The Labute approximate surface area is 429 Å². The van der Waals surface area contributed by atoms with Crippen molar-refractivity contribution < 1.29 is 13.3 Å². The van der Waals surface area contributed by atoms with Gasteiger partial charge in [0.25, 0.3) is 0 Å². The van der Waals surface area contributed by atoms with Crippen molar-refractivity contribution in [1.29, 1.82) is 5.26 Å². The molecule has 7 heterocycles. The Kier molecular flexibility index (Phi) is 7.96. The second-order valence-corrected chi connectivity index (χ2v) is 19.4. The van der Waals surface area contributed by atoms with Gasteiger partial charge in [-0.1, -0.05) is 115 Å². The van der Waals surface area contributed by atoms with Crippen LogP contribution in [0, 0.1) is 17.9 Å². The molecular formula is C67H34N6O3. The number of hydrogen-bond donors (Lipinski definition) is 0. The van der Waals surface area contributed by atoms with Crippen LogP contribution >= 0.6 is 0 Å². The Bertz CT molecular complexity index is 5510. The first-order chi connectivity index (χ1) is 37.7. The van der Waals surface area contributed by atoms with Crippen molar-refractivity contribution in [3.05, 3.63) is 223 Å². The molecule has 0 aliphatic carbocycles. The standard InChI is InChI=1S/C67H34N6O3/c1-69-61-65(71-48-23-8-2-16-37(48)40-29-32-54-58(62(40)71)43-19-5-11-26-51(43)74-54)46(36-68)57(47-22-14-15-35-70-47)66(72-49-24-9-3-17-38(49)41-30-33-55-59(63(41)72)44-20-6-12-27-52(44)75-55)67(61)73-50-25-10-4-18-39(50)42-31-34-56-60(64(42)73)45-21-7-13-28-53(45)76-56/h2-35H. The van der Waals surface area contributed by atoms with E-state index in [1.165, 1.54) is 0 Å². The number of fused-ring (bicyclic) bond motifs is 21. The number of pyridine rings is 1. The molecule has 0 atom stereocenters. The summed E-state index contributed by atoms with van der Waals surface area (Å²) in [6.07, 6.45) is 1.78. The first kappa shape index (κ1) is 40.7. The number of aromatic nitrogens is 4. The lowest BCUT2D eigenvalue weighted by molar-refractivity contribution is 0.669. The Morgan fingerprint density at radius 1 is 0.382 bits per heavy atom. The smallest absolute Gasteiger partial charge is 0.237 e. The lowest BCUT2D eigenvalue weighted by Gasteiger charge is -2.26. The number of nitrogens with zero attached hydrogens (tertiary/aromatic N) is 6. The molecule has 0 radical (unpaired) electrons. The highest BCUT2D eigenvalue weighted by Crippen LogP contribution is 2.54. The van der Waals surface area contributed by atoms with Gasteiger partial charge in [0.05, 0.1) is 84.2 Å². The number of rotatable bonds is 4. The zero-order valence-electron chi connectivity index (χ0n) is 40.0.